The number of amides is 1. The number of aryl methyl sites for hydroxylation is 1. The van der Waals surface area contributed by atoms with E-state index < -0.39 is 11.9 Å². The summed E-state index contributed by atoms with van der Waals surface area (Å²) in [7, 11) is 0. The molecule has 3 aromatic rings. The van der Waals surface area contributed by atoms with Crippen LogP contribution in [0.1, 0.15) is 24.8 Å². The summed E-state index contributed by atoms with van der Waals surface area (Å²) in [4.78, 5) is 24.9. The molecule has 35 heavy (non-hydrogen) atoms. The highest BCUT2D eigenvalue weighted by Crippen LogP contribution is 2.35. The van der Waals surface area contributed by atoms with Crippen LogP contribution in [0.4, 0.5) is 15.0 Å². The minimum absolute atomic E-state index is 0.0241. The zero-order valence-corrected chi connectivity index (χ0v) is 19.7. The molecule has 0 radical (unpaired) electrons. The molecule has 2 N–H and O–H groups in total. The normalized spacial score (nSPS) is 20.3. The van der Waals surface area contributed by atoms with E-state index in [1.54, 1.807) is 0 Å². The van der Waals surface area contributed by atoms with Crippen LogP contribution in [0, 0.1) is 18.7 Å². The Bertz CT molecular complexity index is 1230. The maximum atomic E-state index is 14.7. The van der Waals surface area contributed by atoms with Crippen molar-refractivity contribution < 1.29 is 24.1 Å². The van der Waals surface area contributed by atoms with Crippen LogP contribution in [-0.4, -0.2) is 70.1 Å². The second kappa shape index (κ2) is 9.65. The average Bonchev–Trinajstić information content (AvgIpc) is 3.36. The molecule has 9 heteroatoms. The van der Waals surface area contributed by atoms with E-state index in [0.29, 0.717) is 44.1 Å². The number of anilines is 1. The lowest BCUT2D eigenvalue weighted by atomic mass is 9.96. The van der Waals surface area contributed by atoms with Gasteiger partial charge < -0.3 is 24.7 Å². The lowest BCUT2D eigenvalue weighted by molar-refractivity contribution is 0.101. The molecule has 0 saturated carbocycles. The Morgan fingerprint density at radius 2 is 2.11 bits per heavy atom. The molecule has 2 aliphatic heterocycles. The monoisotopic (exact) mass is 480 g/mol. The van der Waals surface area contributed by atoms with Gasteiger partial charge in [0.1, 0.15) is 17.4 Å². The number of aromatic nitrogens is 2. The minimum atomic E-state index is -0.919. The van der Waals surface area contributed by atoms with Crippen molar-refractivity contribution in [1.29, 1.82) is 0 Å². The Hall–Kier alpha value is -3.46. The van der Waals surface area contributed by atoms with Gasteiger partial charge in [-0.25, -0.2) is 19.2 Å². The van der Waals surface area contributed by atoms with E-state index in [0.717, 1.165) is 30.3 Å². The predicted octanol–water partition coefficient (Wildman–Crippen LogP) is 4.44. The van der Waals surface area contributed by atoms with E-state index in [1.165, 1.54) is 23.1 Å². The maximum Gasteiger partial charge on any atom is 0.407 e. The zero-order chi connectivity index (χ0) is 24.5. The van der Waals surface area contributed by atoms with Gasteiger partial charge in [0.2, 0.25) is 0 Å². The third kappa shape index (κ3) is 4.73. The fraction of sp³-hybridized carbons (Fsp3) is 0.423. The minimum Gasteiger partial charge on any atom is -0.507 e. The summed E-state index contributed by atoms with van der Waals surface area (Å²) in [6, 6.07) is 9.92. The van der Waals surface area contributed by atoms with Crippen molar-refractivity contribution in [2.24, 2.45) is 5.92 Å². The van der Waals surface area contributed by atoms with Crippen molar-refractivity contribution in [2.75, 3.05) is 37.7 Å². The molecule has 2 aliphatic rings. The number of rotatable bonds is 5. The number of fused-ring (bicyclic) bond motifs is 1. The van der Waals surface area contributed by atoms with E-state index in [2.05, 4.69) is 9.88 Å². The van der Waals surface area contributed by atoms with Crippen LogP contribution >= 0.6 is 0 Å². The molecule has 2 atom stereocenters. The first-order chi connectivity index (χ1) is 16.9. The summed E-state index contributed by atoms with van der Waals surface area (Å²) in [6.07, 6.45) is 1.60. The smallest absolute Gasteiger partial charge is 0.407 e. The lowest BCUT2D eigenvalue weighted by Gasteiger charge is -2.37. The number of hydrogen-bond acceptors (Lipinski definition) is 6. The topological polar surface area (TPSA) is 99.0 Å². The number of aromatic hydroxyl groups is 1. The van der Waals surface area contributed by atoms with Gasteiger partial charge in [-0.2, -0.15) is 0 Å². The van der Waals surface area contributed by atoms with Crippen LogP contribution in [0.25, 0.3) is 22.3 Å². The van der Waals surface area contributed by atoms with Crippen molar-refractivity contribution in [1.82, 2.24) is 14.9 Å². The number of phenolic OH excluding ortho intramolecular Hbond substituents is 1. The van der Waals surface area contributed by atoms with Crippen molar-refractivity contribution in [3.63, 3.8) is 0 Å². The highest BCUT2D eigenvalue weighted by molar-refractivity contribution is 5.92. The molecular weight excluding hydrogens is 451 g/mol. The first-order valence-electron chi connectivity index (χ1n) is 12.0. The SMILES string of the molecule is Cc1ccc2c(N3CCC[C@H](CN(C(=O)O)[C@H]4CCOC4)C3)nc(-c3c(O)cccc3F)nc2c1. The standard InChI is InChI=1S/C26H29FN4O4/c1-16-7-8-19-21(12-16)28-24(23-20(27)5-2-6-22(23)32)29-25(19)30-10-3-4-17(13-30)14-31(26(33)34)18-9-11-35-15-18/h2,5-8,12,17-18,32H,3-4,9-11,13-15H2,1H3,(H,33,34)/t17-,18-/m0/s1. The van der Waals surface area contributed by atoms with Gasteiger partial charge in [0.05, 0.1) is 23.7 Å². The van der Waals surface area contributed by atoms with Gasteiger partial charge >= 0.3 is 6.09 Å². The molecule has 0 spiro atoms. The summed E-state index contributed by atoms with van der Waals surface area (Å²) >= 11 is 0. The Kier molecular flexibility index (Phi) is 6.42. The summed E-state index contributed by atoms with van der Waals surface area (Å²) < 4.78 is 20.1. The first kappa shape index (κ1) is 23.3. The number of phenols is 1. The van der Waals surface area contributed by atoms with E-state index in [4.69, 9.17) is 9.72 Å². The van der Waals surface area contributed by atoms with Crippen LogP contribution in [0.15, 0.2) is 36.4 Å². The van der Waals surface area contributed by atoms with Crippen LogP contribution in [0.5, 0.6) is 5.75 Å². The molecule has 1 amide bonds. The summed E-state index contributed by atoms with van der Waals surface area (Å²) in [5.74, 6) is 0.126. The molecule has 0 aliphatic carbocycles. The summed E-state index contributed by atoms with van der Waals surface area (Å²) in [5, 5.41) is 21.0. The molecule has 0 unspecified atom stereocenters. The van der Waals surface area contributed by atoms with Crippen LogP contribution in [0.2, 0.25) is 0 Å². The Morgan fingerprint density at radius 3 is 2.86 bits per heavy atom. The molecule has 8 nitrogen and oxygen atoms in total. The molecule has 0 bridgehead atoms. The first-order valence-corrected chi connectivity index (χ1v) is 12.0. The van der Waals surface area contributed by atoms with E-state index in [-0.39, 0.29) is 29.1 Å². The van der Waals surface area contributed by atoms with E-state index in [9.17, 15) is 19.4 Å². The number of carbonyl (C=O) groups is 1. The molecule has 2 fully saturated rings. The van der Waals surface area contributed by atoms with Gasteiger partial charge in [-0.15, -0.1) is 0 Å². The van der Waals surface area contributed by atoms with Gasteiger partial charge in [0.25, 0.3) is 0 Å². The molecule has 2 saturated heterocycles. The quantitative estimate of drug-likeness (QED) is 0.557. The van der Waals surface area contributed by atoms with Crippen molar-refractivity contribution in [3.05, 3.63) is 47.8 Å². The molecule has 3 heterocycles. The fourth-order valence-corrected chi connectivity index (χ4v) is 5.15. The number of halogens is 1. The largest absolute Gasteiger partial charge is 0.507 e. The maximum absolute atomic E-state index is 14.7. The van der Waals surface area contributed by atoms with Crippen LogP contribution in [-0.2, 0) is 4.74 Å². The third-order valence-electron chi connectivity index (χ3n) is 6.91. The zero-order valence-electron chi connectivity index (χ0n) is 19.7. The second-order valence-electron chi connectivity index (χ2n) is 9.43. The number of nitrogens with zero attached hydrogens (tertiary/aromatic N) is 4. The second-order valence-corrected chi connectivity index (χ2v) is 9.43. The average molecular weight is 481 g/mol. The van der Waals surface area contributed by atoms with Crippen LogP contribution < -0.4 is 4.90 Å². The van der Waals surface area contributed by atoms with Gasteiger partial charge in [-0.3, -0.25) is 0 Å². The Balaban J connectivity index is 1.50. The highest BCUT2D eigenvalue weighted by Gasteiger charge is 2.32. The number of piperidine rings is 1. The van der Waals surface area contributed by atoms with Gasteiger partial charge in [-0.1, -0.05) is 12.1 Å². The third-order valence-corrected chi connectivity index (χ3v) is 6.91. The molecular formula is C26H29FN4O4. The van der Waals surface area contributed by atoms with E-state index in [1.807, 2.05) is 25.1 Å². The van der Waals surface area contributed by atoms with Crippen LogP contribution in [0.3, 0.4) is 0 Å². The predicted molar refractivity (Wildman–Crippen MR) is 130 cm³/mol. The van der Waals surface area contributed by atoms with Crippen molar-refractivity contribution in [3.8, 4) is 17.1 Å². The Labute approximate surface area is 203 Å². The fourth-order valence-electron chi connectivity index (χ4n) is 5.15. The number of ether oxygens (including phenoxy) is 1. The summed E-state index contributed by atoms with van der Waals surface area (Å²) in [6.45, 7) is 4.80. The molecule has 184 valence electrons. The van der Waals surface area contributed by atoms with Gasteiger partial charge in [0, 0.05) is 31.6 Å². The van der Waals surface area contributed by atoms with E-state index >= 15 is 0 Å². The van der Waals surface area contributed by atoms with Gasteiger partial charge in [0.15, 0.2) is 5.82 Å². The van der Waals surface area contributed by atoms with Crippen molar-refractivity contribution >= 4 is 22.8 Å². The number of benzene rings is 2. The van der Waals surface area contributed by atoms with Crippen molar-refractivity contribution in [2.45, 2.75) is 32.2 Å². The molecule has 2 aromatic carbocycles. The highest BCUT2D eigenvalue weighted by atomic mass is 19.1. The van der Waals surface area contributed by atoms with Gasteiger partial charge in [-0.05, 0) is 61.9 Å². The lowest BCUT2D eigenvalue weighted by Crippen LogP contribution is -2.47. The molecule has 5 rings (SSSR count). The number of carboxylic acid groups (broad SMARTS) is 1. The molecule has 1 aromatic heterocycles. The number of hydrogen-bond donors (Lipinski definition) is 2. The Morgan fingerprint density at radius 1 is 1.26 bits per heavy atom. The summed E-state index contributed by atoms with van der Waals surface area (Å²) in [5.41, 5.74) is 1.66.